The first kappa shape index (κ1) is 15.3. The van der Waals surface area contributed by atoms with Crippen molar-refractivity contribution in [2.45, 2.75) is 43.4 Å². The molecule has 1 fully saturated rings. The molecule has 1 aromatic carbocycles. The lowest BCUT2D eigenvalue weighted by atomic mass is 9.88. The highest BCUT2D eigenvalue weighted by atomic mass is 35.5. The zero-order valence-electron chi connectivity index (χ0n) is 12.5. The third-order valence-electron chi connectivity index (χ3n) is 4.69. The Morgan fingerprint density at radius 3 is 2.86 bits per heavy atom. The van der Waals surface area contributed by atoms with Crippen LogP contribution in [0, 0.1) is 0 Å². The Bertz CT molecular complexity index is 602. The molecule has 0 unspecified atom stereocenters. The summed E-state index contributed by atoms with van der Waals surface area (Å²) >= 11 is 8.08. The van der Waals surface area contributed by atoms with Gasteiger partial charge in [0.25, 0.3) is 0 Å². The van der Waals surface area contributed by atoms with Crippen LogP contribution in [-0.4, -0.2) is 22.5 Å². The van der Waals surface area contributed by atoms with E-state index in [1.807, 2.05) is 23.9 Å². The minimum atomic E-state index is 0.452. The highest BCUT2D eigenvalue weighted by Crippen LogP contribution is 2.38. The van der Waals surface area contributed by atoms with Crippen LogP contribution < -0.4 is 5.32 Å². The maximum absolute atomic E-state index is 6.03. The van der Waals surface area contributed by atoms with E-state index in [9.17, 15) is 0 Å². The highest BCUT2D eigenvalue weighted by molar-refractivity contribution is 8.00. The van der Waals surface area contributed by atoms with Crippen LogP contribution in [-0.2, 0) is 6.54 Å². The molecule has 21 heavy (non-hydrogen) atoms. The number of H-pyrrole nitrogens is 1. The third-order valence-corrected chi connectivity index (χ3v) is 6.34. The molecular formula is C17H23ClN2S. The van der Waals surface area contributed by atoms with E-state index in [1.54, 1.807) is 0 Å². The van der Waals surface area contributed by atoms with E-state index < -0.39 is 0 Å². The molecule has 0 saturated heterocycles. The minimum absolute atomic E-state index is 0.452. The summed E-state index contributed by atoms with van der Waals surface area (Å²) in [5.74, 6) is 0. The summed E-state index contributed by atoms with van der Waals surface area (Å²) in [6.07, 6.45) is 11.2. The van der Waals surface area contributed by atoms with Gasteiger partial charge in [-0.05, 0) is 36.8 Å². The molecule has 1 aliphatic carbocycles. The number of halogens is 1. The second kappa shape index (κ2) is 6.64. The van der Waals surface area contributed by atoms with Gasteiger partial charge in [-0.2, -0.15) is 11.8 Å². The molecule has 0 aliphatic heterocycles. The van der Waals surface area contributed by atoms with Crippen LogP contribution in [0.2, 0.25) is 5.02 Å². The van der Waals surface area contributed by atoms with Crippen molar-refractivity contribution in [1.82, 2.24) is 10.3 Å². The monoisotopic (exact) mass is 322 g/mol. The summed E-state index contributed by atoms with van der Waals surface area (Å²) in [5.41, 5.74) is 2.45. The first-order valence-corrected chi connectivity index (χ1v) is 9.34. The quantitative estimate of drug-likeness (QED) is 0.812. The average molecular weight is 323 g/mol. The fourth-order valence-corrected chi connectivity index (χ4v) is 4.49. The zero-order valence-corrected chi connectivity index (χ0v) is 14.1. The lowest BCUT2D eigenvalue weighted by Crippen LogP contribution is -2.39. The summed E-state index contributed by atoms with van der Waals surface area (Å²) in [4.78, 5) is 3.31. The number of fused-ring (bicyclic) bond motifs is 1. The highest BCUT2D eigenvalue weighted by Gasteiger charge is 2.30. The van der Waals surface area contributed by atoms with Crippen LogP contribution in [0.4, 0.5) is 0 Å². The van der Waals surface area contributed by atoms with Gasteiger partial charge in [0.05, 0.1) is 0 Å². The SMILES string of the molecule is CSC1(CNCc2c[nH]c3cc(Cl)ccc23)CCCCC1. The van der Waals surface area contributed by atoms with Gasteiger partial charge in [0.2, 0.25) is 0 Å². The van der Waals surface area contributed by atoms with Gasteiger partial charge < -0.3 is 10.3 Å². The van der Waals surface area contributed by atoms with Crippen LogP contribution in [0.15, 0.2) is 24.4 Å². The molecule has 2 nitrogen and oxygen atoms in total. The van der Waals surface area contributed by atoms with Gasteiger partial charge in [-0.15, -0.1) is 0 Å². The molecule has 0 spiro atoms. The Labute approximate surface area is 136 Å². The van der Waals surface area contributed by atoms with Gasteiger partial charge in [0.15, 0.2) is 0 Å². The number of hydrogen-bond acceptors (Lipinski definition) is 2. The smallest absolute Gasteiger partial charge is 0.0472 e. The predicted octanol–water partition coefficient (Wildman–Crippen LogP) is 4.98. The van der Waals surface area contributed by atoms with E-state index in [4.69, 9.17) is 11.6 Å². The largest absolute Gasteiger partial charge is 0.361 e. The summed E-state index contributed by atoms with van der Waals surface area (Å²) in [7, 11) is 0. The molecule has 3 rings (SSSR count). The normalized spacial score (nSPS) is 18.2. The summed E-state index contributed by atoms with van der Waals surface area (Å²) in [6, 6.07) is 6.06. The van der Waals surface area contributed by atoms with Crippen LogP contribution in [0.1, 0.15) is 37.7 Å². The fourth-order valence-electron chi connectivity index (χ4n) is 3.38. The van der Waals surface area contributed by atoms with Gasteiger partial charge in [-0.25, -0.2) is 0 Å². The average Bonchev–Trinajstić information content (AvgIpc) is 2.90. The predicted molar refractivity (Wildman–Crippen MR) is 94.3 cm³/mol. The standard InChI is InChI=1S/C17H23ClN2S/c1-21-17(7-3-2-4-8-17)12-19-10-13-11-20-16-9-14(18)5-6-15(13)16/h5-6,9,11,19-20H,2-4,7-8,10,12H2,1H3. The van der Waals surface area contributed by atoms with Crippen LogP contribution in [0.3, 0.4) is 0 Å². The lowest BCUT2D eigenvalue weighted by Gasteiger charge is -2.36. The number of nitrogens with one attached hydrogen (secondary N) is 2. The van der Waals surface area contributed by atoms with Crippen molar-refractivity contribution in [2.24, 2.45) is 0 Å². The van der Waals surface area contributed by atoms with Crippen molar-refractivity contribution < 1.29 is 0 Å². The number of aromatic amines is 1. The molecule has 0 bridgehead atoms. The molecule has 2 aromatic rings. The molecule has 1 aromatic heterocycles. The Hall–Kier alpha value is -0.640. The molecule has 2 N–H and O–H groups in total. The summed E-state index contributed by atoms with van der Waals surface area (Å²) in [6.45, 7) is 2.03. The van der Waals surface area contributed by atoms with E-state index in [2.05, 4.69) is 28.8 Å². The van der Waals surface area contributed by atoms with Crippen LogP contribution in [0.25, 0.3) is 10.9 Å². The summed E-state index contributed by atoms with van der Waals surface area (Å²) < 4.78 is 0.452. The van der Waals surface area contributed by atoms with Crippen LogP contribution in [0.5, 0.6) is 0 Å². The molecule has 0 amide bonds. The van der Waals surface area contributed by atoms with Crippen molar-refractivity contribution >= 4 is 34.3 Å². The Morgan fingerprint density at radius 1 is 1.29 bits per heavy atom. The van der Waals surface area contributed by atoms with Crippen molar-refractivity contribution in [3.8, 4) is 0 Å². The number of aromatic nitrogens is 1. The van der Waals surface area contributed by atoms with Crippen molar-refractivity contribution in [3.63, 3.8) is 0 Å². The third kappa shape index (κ3) is 3.41. The number of benzene rings is 1. The maximum atomic E-state index is 6.03. The zero-order chi connectivity index (χ0) is 14.7. The van der Waals surface area contributed by atoms with E-state index in [-0.39, 0.29) is 0 Å². The molecule has 1 heterocycles. The lowest BCUT2D eigenvalue weighted by molar-refractivity contribution is 0.379. The summed E-state index contributed by atoms with van der Waals surface area (Å²) in [5, 5.41) is 5.74. The van der Waals surface area contributed by atoms with E-state index in [0.29, 0.717) is 4.75 Å². The van der Waals surface area contributed by atoms with Gasteiger partial charge in [-0.3, -0.25) is 0 Å². The van der Waals surface area contributed by atoms with Gasteiger partial charge in [0, 0.05) is 40.0 Å². The minimum Gasteiger partial charge on any atom is -0.361 e. The van der Waals surface area contributed by atoms with Gasteiger partial charge >= 0.3 is 0 Å². The van der Waals surface area contributed by atoms with E-state index in [0.717, 1.165) is 23.6 Å². The van der Waals surface area contributed by atoms with E-state index in [1.165, 1.54) is 43.1 Å². The molecule has 1 aliphatic rings. The molecule has 1 saturated carbocycles. The molecule has 0 atom stereocenters. The molecular weight excluding hydrogens is 300 g/mol. The molecule has 4 heteroatoms. The molecule has 0 radical (unpaired) electrons. The van der Waals surface area contributed by atoms with Crippen molar-refractivity contribution in [1.29, 1.82) is 0 Å². The van der Waals surface area contributed by atoms with Gasteiger partial charge in [-0.1, -0.05) is 36.9 Å². The van der Waals surface area contributed by atoms with Crippen molar-refractivity contribution in [3.05, 3.63) is 35.0 Å². The molecule has 114 valence electrons. The maximum Gasteiger partial charge on any atom is 0.0472 e. The second-order valence-electron chi connectivity index (χ2n) is 6.06. The van der Waals surface area contributed by atoms with Gasteiger partial charge in [0.1, 0.15) is 0 Å². The first-order valence-electron chi connectivity index (χ1n) is 7.74. The number of rotatable bonds is 5. The Kier molecular flexibility index (Phi) is 4.82. The van der Waals surface area contributed by atoms with E-state index >= 15 is 0 Å². The Balaban J connectivity index is 1.63. The van der Waals surface area contributed by atoms with Crippen molar-refractivity contribution in [2.75, 3.05) is 12.8 Å². The number of hydrogen-bond donors (Lipinski definition) is 2. The second-order valence-corrected chi connectivity index (χ2v) is 7.77. The van der Waals surface area contributed by atoms with Crippen LogP contribution >= 0.6 is 23.4 Å². The number of thioether (sulfide) groups is 1. The first-order chi connectivity index (χ1) is 10.2. The topological polar surface area (TPSA) is 27.8 Å². The Morgan fingerprint density at radius 2 is 2.10 bits per heavy atom. The fraction of sp³-hybridized carbons (Fsp3) is 0.529.